The molecule has 1 aromatic rings. The Morgan fingerprint density at radius 2 is 2.03 bits per heavy atom. The molecule has 1 saturated carbocycles. The lowest BCUT2D eigenvalue weighted by molar-refractivity contribution is 0.0154. The van der Waals surface area contributed by atoms with Gasteiger partial charge in [0.05, 0.1) is 12.7 Å². The van der Waals surface area contributed by atoms with E-state index in [4.69, 9.17) is 14.2 Å². The zero-order chi connectivity index (χ0) is 22.4. The predicted octanol–water partition coefficient (Wildman–Crippen LogP) is 4.11. The first-order valence-electron chi connectivity index (χ1n) is 12.8. The molecule has 6 nitrogen and oxygen atoms in total. The number of hydrogen-bond acceptors (Lipinski definition) is 5. The summed E-state index contributed by atoms with van der Waals surface area (Å²) in [5.74, 6) is 1.25. The van der Waals surface area contributed by atoms with Crippen LogP contribution in [0.25, 0.3) is 0 Å². The SMILES string of the molecule is O=C(OCC1CCCO1)N1CCCC2CC(N3CCC4(CC3)COc3ccc(F)cc34)CC21. The smallest absolute Gasteiger partial charge is 0.410 e. The summed E-state index contributed by atoms with van der Waals surface area (Å²) in [6.45, 7) is 4.65. The Labute approximate surface area is 195 Å². The van der Waals surface area contributed by atoms with Crippen molar-refractivity contribution in [1.29, 1.82) is 0 Å². The monoisotopic (exact) mass is 458 g/mol. The molecule has 4 aliphatic heterocycles. The second-order valence-electron chi connectivity index (χ2n) is 10.7. The first-order chi connectivity index (χ1) is 16.1. The molecular formula is C26H35FN2O4. The quantitative estimate of drug-likeness (QED) is 0.682. The van der Waals surface area contributed by atoms with E-state index in [2.05, 4.69) is 4.90 Å². The second kappa shape index (κ2) is 8.73. The van der Waals surface area contributed by atoms with Crippen LogP contribution in [0.1, 0.15) is 56.9 Å². The molecule has 6 rings (SSSR count). The van der Waals surface area contributed by atoms with Crippen molar-refractivity contribution in [2.75, 3.05) is 39.5 Å². The number of ether oxygens (including phenoxy) is 3. The number of piperidine rings is 2. The first kappa shape index (κ1) is 21.7. The highest BCUT2D eigenvalue weighted by atomic mass is 19.1. The number of nitrogens with zero attached hydrogens (tertiary/aromatic N) is 2. The molecule has 4 atom stereocenters. The molecule has 180 valence electrons. The standard InChI is InChI=1S/C26H35FN2O4/c27-19-5-6-24-22(14-19)26(17-33-24)7-10-28(11-8-26)20-13-18-3-1-9-29(23(18)15-20)25(30)32-16-21-4-2-12-31-21/h5-6,14,18,20-21,23H,1-4,7-13,15-17H2. The van der Waals surface area contributed by atoms with E-state index >= 15 is 0 Å². The van der Waals surface area contributed by atoms with Gasteiger partial charge in [-0.1, -0.05) is 0 Å². The van der Waals surface area contributed by atoms with Crippen LogP contribution in [0.4, 0.5) is 9.18 Å². The highest BCUT2D eigenvalue weighted by Crippen LogP contribution is 2.47. The highest BCUT2D eigenvalue weighted by Gasteiger charge is 2.48. The Balaban J connectivity index is 1.07. The van der Waals surface area contributed by atoms with Crippen LogP contribution in [0.3, 0.4) is 0 Å². The molecule has 1 aliphatic carbocycles. The molecule has 1 amide bonds. The van der Waals surface area contributed by atoms with Gasteiger partial charge in [0.1, 0.15) is 18.2 Å². The number of amides is 1. The van der Waals surface area contributed by atoms with E-state index < -0.39 is 0 Å². The first-order valence-corrected chi connectivity index (χ1v) is 12.8. The molecule has 4 heterocycles. The van der Waals surface area contributed by atoms with Crippen molar-refractivity contribution in [2.45, 2.75) is 75.0 Å². The molecule has 33 heavy (non-hydrogen) atoms. The van der Waals surface area contributed by atoms with Gasteiger partial charge in [-0.15, -0.1) is 0 Å². The molecular weight excluding hydrogens is 423 g/mol. The summed E-state index contributed by atoms with van der Waals surface area (Å²) in [6, 6.07) is 5.76. The Kier molecular flexibility index (Phi) is 5.73. The van der Waals surface area contributed by atoms with E-state index in [0.29, 0.717) is 31.2 Å². The van der Waals surface area contributed by atoms with E-state index in [9.17, 15) is 9.18 Å². The van der Waals surface area contributed by atoms with Gasteiger partial charge in [0, 0.05) is 36.2 Å². The Morgan fingerprint density at radius 3 is 2.85 bits per heavy atom. The molecule has 7 heteroatoms. The lowest BCUT2D eigenvalue weighted by atomic mass is 9.74. The number of likely N-dealkylation sites (tertiary alicyclic amines) is 2. The van der Waals surface area contributed by atoms with Gasteiger partial charge in [-0.3, -0.25) is 0 Å². The minimum absolute atomic E-state index is 0.0442. The largest absolute Gasteiger partial charge is 0.492 e. The predicted molar refractivity (Wildman–Crippen MR) is 121 cm³/mol. The number of halogens is 1. The fourth-order valence-corrected chi connectivity index (χ4v) is 7.07. The second-order valence-corrected chi connectivity index (χ2v) is 10.7. The zero-order valence-electron chi connectivity index (χ0n) is 19.3. The van der Waals surface area contributed by atoms with E-state index in [-0.39, 0.29) is 23.4 Å². The van der Waals surface area contributed by atoms with Crippen LogP contribution in [-0.2, 0) is 14.9 Å². The van der Waals surface area contributed by atoms with Gasteiger partial charge in [0.2, 0.25) is 0 Å². The lowest BCUT2D eigenvalue weighted by Crippen LogP contribution is -2.48. The summed E-state index contributed by atoms with van der Waals surface area (Å²) in [4.78, 5) is 17.5. The summed E-state index contributed by atoms with van der Waals surface area (Å²) in [5.41, 5.74) is 1.01. The van der Waals surface area contributed by atoms with E-state index in [1.807, 2.05) is 4.90 Å². The van der Waals surface area contributed by atoms with Gasteiger partial charge in [-0.25, -0.2) is 9.18 Å². The number of carbonyl (C=O) groups excluding carboxylic acids is 1. The normalized spacial score (nSPS) is 33.1. The van der Waals surface area contributed by atoms with E-state index in [0.717, 1.165) is 82.5 Å². The van der Waals surface area contributed by atoms with Crippen LogP contribution in [0.5, 0.6) is 5.75 Å². The molecule has 4 fully saturated rings. The Hall–Kier alpha value is -1.86. The van der Waals surface area contributed by atoms with Crippen molar-refractivity contribution in [3.63, 3.8) is 0 Å². The van der Waals surface area contributed by atoms with Crippen LogP contribution in [0.15, 0.2) is 18.2 Å². The highest BCUT2D eigenvalue weighted by molar-refractivity contribution is 5.68. The number of rotatable bonds is 3. The molecule has 0 aromatic heterocycles. The van der Waals surface area contributed by atoms with Gasteiger partial charge in [0.15, 0.2) is 0 Å². The van der Waals surface area contributed by atoms with Crippen molar-refractivity contribution in [3.05, 3.63) is 29.6 Å². The number of hydrogen-bond donors (Lipinski definition) is 0. The molecule has 1 aromatic carbocycles. The van der Waals surface area contributed by atoms with Crippen LogP contribution in [0, 0.1) is 11.7 Å². The van der Waals surface area contributed by atoms with Crippen LogP contribution in [-0.4, -0.2) is 73.5 Å². The van der Waals surface area contributed by atoms with Crippen molar-refractivity contribution in [3.8, 4) is 5.75 Å². The average molecular weight is 459 g/mol. The molecule has 0 radical (unpaired) electrons. The lowest BCUT2D eigenvalue weighted by Gasteiger charge is -2.41. The van der Waals surface area contributed by atoms with Gasteiger partial charge in [-0.05, 0) is 88.6 Å². The van der Waals surface area contributed by atoms with Crippen LogP contribution < -0.4 is 4.74 Å². The maximum atomic E-state index is 13.9. The maximum Gasteiger partial charge on any atom is 0.410 e. The third-order valence-electron chi connectivity index (χ3n) is 8.95. The van der Waals surface area contributed by atoms with E-state index in [1.54, 1.807) is 12.1 Å². The zero-order valence-corrected chi connectivity index (χ0v) is 19.3. The van der Waals surface area contributed by atoms with Crippen molar-refractivity contribution < 1.29 is 23.4 Å². The maximum absolute atomic E-state index is 13.9. The van der Waals surface area contributed by atoms with Crippen molar-refractivity contribution in [1.82, 2.24) is 9.80 Å². The molecule has 0 bridgehead atoms. The van der Waals surface area contributed by atoms with Crippen molar-refractivity contribution in [2.24, 2.45) is 5.92 Å². The van der Waals surface area contributed by atoms with Crippen LogP contribution in [0.2, 0.25) is 0 Å². The minimum atomic E-state index is -0.174. The summed E-state index contributed by atoms with van der Waals surface area (Å²) >= 11 is 0. The Morgan fingerprint density at radius 1 is 1.15 bits per heavy atom. The fourth-order valence-electron chi connectivity index (χ4n) is 7.07. The summed E-state index contributed by atoms with van der Waals surface area (Å²) in [5, 5.41) is 0. The molecule has 4 unspecified atom stereocenters. The molecule has 1 spiro atoms. The van der Waals surface area contributed by atoms with Gasteiger partial charge in [-0.2, -0.15) is 0 Å². The van der Waals surface area contributed by atoms with Crippen LogP contribution >= 0.6 is 0 Å². The number of benzene rings is 1. The summed E-state index contributed by atoms with van der Waals surface area (Å²) < 4.78 is 31.1. The summed E-state index contributed by atoms with van der Waals surface area (Å²) in [7, 11) is 0. The minimum Gasteiger partial charge on any atom is -0.492 e. The third-order valence-corrected chi connectivity index (χ3v) is 8.95. The van der Waals surface area contributed by atoms with Gasteiger partial charge < -0.3 is 24.0 Å². The van der Waals surface area contributed by atoms with Crippen molar-refractivity contribution >= 4 is 6.09 Å². The Bertz CT molecular complexity index is 881. The molecule has 0 N–H and O–H groups in total. The summed E-state index contributed by atoms with van der Waals surface area (Å²) in [6.07, 6.45) is 8.43. The average Bonchev–Trinajstić information content (AvgIpc) is 3.58. The van der Waals surface area contributed by atoms with Gasteiger partial charge >= 0.3 is 6.09 Å². The molecule has 3 saturated heterocycles. The van der Waals surface area contributed by atoms with Gasteiger partial charge in [0.25, 0.3) is 0 Å². The third kappa shape index (κ3) is 4.01. The van der Waals surface area contributed by atoms with E-state index in [1.165, 1.54) is 12.5 Å². The fraction of sp³-hybridized carbons (Fsp3) is 0.731. The number of carbonyl (C=O) groups is 1. The topological polar surface area (TPSA) is 51.2 Å². The number of fused-ring (bicyclic) bond motifs is 3. The molecule has 5 aliphatic rings.